The van der Waals surface area contributed by atoms with E-state index in [1.807, 2.05) is 43.3 Å². The molecule has 0 atom stereocenters. The van der Waals surface area contributed by atoms with Crippen molar-refractivity contribution in [1.82, 2.24) is 5.32 Å². The van der Waals surface area contributed by atoms with E-state index < -0.39 is 17.5 Å². The predicted molar refractivity (Wildman–Crippen MR) is 143 cm³/mol. The average molecular weight is 525 g/mol. The molecule has 3 aromatic carbocycles. The number of nitrogens with zero attached hydrogens (tertiary/aromatic N) is 1. The van der Waals surface area contributed by atoms with E-state index in [-0.39, 0.29) is 29.0 Å². The number of rotatable bonds is 9. The van der Waals surface area contributed by atoms with Crippen LogP contribution >= 0.6 is 0 Å². The highest BCUT2D eigenvalue weighted by Crippen LogP contribution is 2.29. The van der Waals surface area contributed by atoms with Crippen molar-refractivity contribution in [2.24, 2.45) is 0 Å². The number of benzene rings is 3. The summed E-state index contributed by atoms with van der Waals surface area (Å²) in [5.41, 5.74) is 0.292. The summed E-state index contributed by atoms with van der Waals surface area (Å²) in [6.07, 6.45) is 1.36. The summed E-state index contributed by atoms with van der Waals surface area (Å²) in [4.78, 5) is 37.7. The van der Waals surface area contributed by atoms with Crippen molar-refractivity contribution < 1.29 is 28.2 Å². The zero-order valence-electron chi connectivity index (χ0n) is 21.2. The van der Waals surface area contributed by atoms with Gasteiger partial charge in [0.1, 0.15) is 28.5 Å². The SMILES string of the molecule is CCOc1ccc(/C=C(\C#N)C(=O)Oc2ccc3cc(C(=O)NCc4ccccc4)c(=O)oc3c2)cc1OC. The molecule has 0 saturated heterocycles. The Morgan fingerprint density at radius 2 is 1.82 bits per heavy atom. The van der Waals surface area contributed by atoms with Gasteiger partial charge in [0.2, 0.25) is 0 Å². The number of nitriles is 1. The van der Waals surface area contributed by atoms with Crippen LogP contribution in [0.15, 0.2) is 87.6 Å². The van der Waals surface area contributed by atoms with E-state index in [9.17, 15) is 19.6 Å². The fourth-order valence-electron chi connectivity index (χ4n) is 3.70. The van der Waals surface area contributed by atoms with Gasteiger partial charge in [-0.15, -0.1) is 0 Å². The van der Waals surface area contributed by atoms with Crippen molar-refractivity contribution in [3.05, 3.63) is 105 Å². The van der Waals surface area contributed by atoms with Gasteiger partial charge in [0, 0.05) is 18.0 Å². The fourth-order valence-corrected chi connectivity index (χ4v) is 3.70. The molecule has 0 radical (unpaired) electrons. The van der Waals surface area contributed by atoms with Crippen molar-refractivity contribution in [2.75, 3.05) is 13.7 Å². The smallest absolute Gasteiger partial charge is 0.354 e. The van der Waals surface area contributed by atoms with Crippen LogP contribution in [0.5, 0.6) is 17.2 Å². The molecule has 196 valence electrons. The van der Waals surface area contributed by atoms with Gasteiger partial charge in [0.05, 0.1) is 13.7 Å². The number of hydrogen-bond donors (Lipinski definition) is 1. The number of methoxy groups -OCH3 is 1. The van der Waals surface area contributed by atoms with E-state index in [0.29, 0.717) is 29.1 Å². The first-order chi connectivity index (χ1) is 18.9. The van der Waals surface area contributed by atoms with E-state index in [2.05, 4.69) is 5.32 Å². The molecule has 1 N–H and O–H groups in total. The summed E-state index contributed by atoms with van der Waals surface area (Å²) in [5, 5.41) is 12.7. The van der Waals surface area contributed by atoms with E-state index >= 15 is 0 Å². The van der Waals surface area contributed by atoms with E-state index in [1.165, 1.54) is 31.4 Å². The number of esters is 1. The molecule has 0 spiro atoms. The third-order valence-electron chi connectivity index (χ3n) is 5.60. The summed E-state index contributed by atoms with van der Waals surface area (Å²) in [6.45, 7) is 2.55. The Bertz CT molecular complexity index is 1650. The zero-order valence-corrected chi connectivity index (χ0v) is 21.2. The van der Waals surface area contributed by atoms with Crippen molar-refractivity contribution in [3.63, 3.8) is 0 Å². The fraction of sp³-hybridized carbons (Fsp3) is 0.133. The molecule has 9 nitrogen and oxygen atoms in total. The van der Waals surface area contributed by atoms with Crippen LogP contribution in [0.25, 0.3) is 17.0 Å². The zero-order chi connectivity index (χ0) is 27.8. The van der Waals surface area contributed by atoms with Crippen LogP contribution in [0.1, 0.15) is 28.4 Å². The molecule has 4 aromatic rings. The Balaban J connectivity index is 1.50. The molecule has 39 heavy (non-hydrogen) atoms. The van der Waals surface area contributed by atoms with Gasteiger partial charge in [-0.1, -0.05) is 36.4 Å². The van der Waals surface area contributed by atoms with Crippen molar-refractivity contribution in [1.29, 1.82) is 5.26 Å². The first-order valence-corrected chi connectivity index (χ1v) is 12.0. The molecule has 0 bridgehead atoms. The second-order valence-corrected chi connectivity index (χ2v) is 8.22. The van der Waals surface area contributed by atoms with E-state index in [4.69, 9.17) is 18.6 Å². The highest BCUT2D eigenvalue weighted by molar-refractivity contribution is 6.00. The van der Waals surface area contributed by atoms with Crippen molar-refractivity contribution >= 4 is 28.9 Å². The maximum Gasteiger partial charge on any atom is 0.354 e. The summed E-state index contributed by atoms with van der Waals surface area (Å²) >= 11 is 0. The summed E-state index contributed by atoms with van der Waals surface area (Å²) in [7, 11) is 1.49. The maximum atomic E-state index is 12.7. The van der Waals surface area contributed by atoms with Crippen LogP contribution in [0.3, 0.4) is 0 Å². The lowest BCUT2D eigenvalue weighted by Crippen LogP contribution is -2.27. The van der Waals surface area contributed by atoms with Gasteiger partial charge in [-0.25, -0.2) is 9.59 Å². The highest BCUT2D eigenvalue weighted by Gasteiger charge is 2.17. The van der Waals surface area contributed by atoms with Crippen LogP contribution in [0.2, 0.25) is 0 Å². The Morgan fingerprint density at radius 1 is 1.03 bits per heavy atom. The normalized spacial score (nSPS) is 10.9. The molecule has 0 aliphatic rings. The lowest BCUT2D eigenvalue weighted by molar-refractivity contribution is -0.129. The summed E-state index contributed by atoms with van der Waals surface area (Å²) < 4.78 is 21.4. The molecule has 1 aromatic heterocycles. The van der Waals surface area contributed by atoms with Crippen LogP contribution in [-0.4, -0.2) is 25.6 Å². The Kier molecular flexibility index (Phi) is 8.39. The summed E-state index contributed by atoms with van der Waals surface area (Å²) in [5.74, 6) is -0.423. The number of carbonyl (C=O) groups excluding carboxylic acids is 2. The lowest BCUT2D eigenvalue weighted by Gasteiger charge is -2.10. The number of amides is 1. The number of carbonyl (C=O) groups is 2. The number of fused-ring (bicyclic) bond motifs is 1. The quantitative estimate of drug-likeness (QED) is 0.110. The molecule has 0 saturated carbocycles. The molecule has 0 aliphatic heterocycles. The minimum Gasteiger partial charge on any atom is -0.493 e. The van der Waals surface area contributed by atoms with Gasteiger partial charge in [-0.2, -0.15) is 5.26 Å². The Labute approximate surface area is 223 Å². The van der Waals surface area contributed by atoms with Gasteiger partial charge in [-0.3, -0.25) is 4.79 Å². The number of ether oxygens (including phenoxy) is 3. The minimum atomic E-state index is -0.899. The second kappa shape index (κ2) is 12.3. The molecule has 1 heterocycles. The standard InChI is InChI=1S/C30H24N2O7/c1-3-37-25-12-9-20(14-27(25)36-2)13-22(17-31)29(34)38-23-11-10-21-15-24(30(35)39-26(21)16-23)28(33)32-18-19-7-5-4-6-8-19/h4-16H,3,18H2,1-2H3,(H,32,33)/b22-13+. The third kappa shape index (κ3) is 6.50. The number of nitrogens with one attached hydrogen (secondary N) is 1. The highest BCUT2D eigenvalue weighted by atomic mass is 16.5. The van der Waals surface area contributed by atoms with Crippen LogP contribution in [-0.2, 0) is 11.3 Å². The van der Waals surface area contributed by atoms with E-state index in [1.54, 1.807) is 24.3 Å². The molecule has 9 heteroatoms. The lowest BCUT2D eigenvalue weighted by atomic mass is 10.1. The van der Waals surface area contributed by atoms with Gasteiger partial charge >= 0.3 is 11.6 Å². The van der Waals surface area contributed by atoms with Gasteiger partial charge in [0.25, 0.3) is 5.91 Å². The van der Waals surface area contributed by atoms with Crippen LogP contribution in [0, 0.1) is 11.3 Å². The maximum absolute atomic E-state index is 12.7. The molecule has 0 unspecified atom stereocenters. The molecule has 0 fully saturated rings. The van der Waals surface area contributed by atoms with Gasteiger partial charge in [-0.05, 0) is 54.5 Å². The molecule has 0 aliphatic carbocycles. The molecule has 4 rings (SSSR count). The topological polar surface area (TPSA) is 128 Å². The van der Waals surface area contributed by atoms with Gasteiger partial charge in [0.15, 0.2) is 11.5 Å². The number of hydrogen-bond acceptors (Lipinski definition) is 8. The average Bonchev–Trinajstić information content (AvgIpc) is 2.95. The molecule has 1 amide bonds. The second-order valence-electron chi connectivity index (χ2n) is 8.22. The van der Waals surface area contributed by atoms with Crippen LogP contribution in [0.4, 0.5) is 0 Å². The minimum absolute atomic E-state index is 0.0577. The van der Waals surface area contributed by atoms with Crippen LogP contribution < -0.4 is 25.2 Å². The predicted octanol–water partition coefficient (Wildman–Crippen LogP) is 4.64. The largest absolute Gasteiger partial charge is 0.493 e. The molecular formula is C30H24N2O7. The van der Waals surface area contributed by atoms with Gasteiger partial charge < -0.3 is 23.9 Å². The summed E-state index contributed by atoms with van der Waals surface area (Å²) in [6, 6.07) is 21.9. The first-order valence-electron chi connectivity index (χ1n) is 12.0. The Hall–Kier alpha value is -5.36. The molecular weight excluding hydrogens is 500 g/mol. The Morgan fingerprint density at radius 3 is 2.54 bits per heavy atom. The third-order valence-corrected chi connectivity index (χ3v) is 5.60. The first kappa shape index (κ1) is 26.7. The van der Waals surface area contributed by atoms with E-state index in [0.717, 1.165) is 5.56 Å². The van der Waals surface area contributed by atoms with Crippen molar-refractivity contribution in [3.8, 4) is 23.3 Å². The van der Waals surface area contributed by atoms with Crippen molar-refractivity contribution in [2.45, 2.75) is 13.5 Å². The monoisotopic (exact) mass is 524 g/mol.